The summed E-state index contributed by atoms with van der Waals surface area (Å²) in [6.07, 6.45) is 0.894. The molecule has 0 aliphatic carbocycles. The largest absolute Gasteiger partial charge is 0.326 e. The molecule has 0 aromatic heterocycles. The van der Waals surface area contributed by atoms with Crippen molar-refractivity contribution in [3.63, 3.8) is 0 Å². The SMILES string of the molecule is O=C(CCCNCC(=O)Nc1ccccc1[N+](=O)[O-])Nc1ccccc1. The number of benzene rings is 2. The summed E-state index contributed by atoms with van der Waals surface area (Å²) in [4.78, 5) is 34.0. The molecule has 0 saturated carbocycles. The summed E-state index contributed by atoms with van der Waals surface area (Å²) >= 11 is 0. The molecule has 8 nitrogen and oxygen atoms in total. The number of anilines is 2. The average Bonchev–Trinajstić information content (AvgIpc) is 2.62. The minimum Gasteiger partial charge on any atom is -0.326 e. The molecule has 2 aromatic rings. The van der Waals surface area contributed by atoms with Gasteiger partial charge < -0.3 is 16.0 Å². The molecule has 136 valence electrons. The van der Waals surface area contributed by atoms with E-state index in [1.54, 1.807) is 6.07 Å². The Bertz CT molecular complexity index is 765. The molecule has 0 aliphatic rings. The number of nitro groups is 1. The fraction of sp³-hybridized carbons (Fsp3) is 0.222. The summed E-state index contributed by atoms with van der Waals surface area (Å²) in [6, 6.07) is 15.1. The van der Waals surface area contributed by atoms with Crippen LogP contribution in [0.5, 0.6) is 0 Å². The van der Waals surface area contributed by atoms with E-state index in [0.29, 0.717) is 19.4 Å². The Labute approximate surface area is 150 Å². The molecular formula is C18H20N4O4. The minimum absolute atomic E-state index is 0.00630. The van der Waals surface area contributed by atoms with Gasteiger partial charge in [0.05, 0.1) is 11.5 Å². The van der Waals surface area contributed by atoms with E-state index in [-0.39, 0.29) is 29.7 Å². The first kappa shape index (κ1) is 19.1. The quantitative estimate of drug-likeness (QED) is 0.363. The molecule has 0 unspecified atom stereocenters. The van der Waals surface area contributed by atoms with Gasteiger partial charge in [0.2, 0.25) is 11.8 Å². The van der Waals surface area contributed by atoms with Gasteiger partial charge in [0, 0.05) is 18.2 Å². The predicted molar refractivity (Wildman–Crippen MR) is 98.9 cm³/mol. The summed E-state index contributed by atoms with van der Waals surface area (Å²) in [5, 5.41) is 19.1. The fourth-order valence-corrected chi connectivity index (χ4v) is 2.25. The van der Waals surface area contributed by atoms with Crippen LogP contribution in [-0.2, 0) is 9.59 Å². The molecule has 26 heavy (non-hydrogen) atoms. The van der Waals surface area contributed by atoms with Crippen molar-refractivity contribution in [3.05, 3.63) is 64.7 Å². The Hall–Kier alpha value is -3.26. The maximum atomic E-state index is 11.8. The number of nitro benzene ring substituents is 1. The molecule has 3 N–H and O–H groups in total. The zero-order valence-corrected chi connectivity index (χ0v) is 14.1. The summed E-state index contributed by atoms with van der Waals surface area (Å²) in [5.41, 5.74) is 0.749. The van der Waals surface area contributed by atoms with E-state index in [9.17, 15) is 19.7 Å². The molecule has 0 saturated heterocycles. The van der Waals surface area contributed by atoms with E-state index in [1.165, 1.54) is 18.2 Å². The number of amides is 2. The van der Waals surface area contributed by atoms with Crippen LogP contribution in [0.3, 0.4) is 0 Å². The van der Waals surface area contributed by atoms with Crippen molar-refractivity contribution in [2.45, 2.75) is 12.8 Å². The van der Waals surface area contributed by atoms with Crippen molar-refractivity contribution < 1.29 is 14.5 Å². The van der Waals surface area contributed by atoms with Gasteiger partial charge in [-0.05, 0) is 31.2 Å². The lowest BCUT2D eigenvalue weighted by atomic mass is 10.2. The van der Waals surface area contributed by atoms with Crippen molar-refractivity contribution in [1.29, 1.82) is 0 Å². The Balaban J connectivity index is 1.65. The summed E-state index contributed by atoms with van der Waals surface area (Å²) in [7, 11) is 0. The summed E-state index contributed by atoms with van der Waals surface area (Å²) in [5.74, 6) is -0.476. The van der Waals surface area contributed by atoms with Gasteiger partial charge in [0.25, 0.3) is 5.69 Å². The normalized spacial score (nSPS) is 10.2. The summed E-state index contributed by atoms with van der Waals surface area (Å²) < 4.78 is 0. The molecule has 0 radical (unpaired) electrons. The van der Waals surface area contributed by atoms with Crippen molar-refractivity contribution in [2.75, 3.05) is 23.7 Å². The molecule has 2 aromatic carbocycles. The van der Waals surface area contributed by atoms with E-state index >= 15 is 0 Å². The second-order valence-electron chi connectivity index (χ2n) is 5.52. The lowest BCUT2D eigenvalue weighted by molar-refractivity contribution is -0.383. The van der Waals surface area contributed by atoms with Crippen LogP contribution < -0.4 is 16.0 Å². The second kappa shape index (κ2) is 9.90. The predicted octanol–water partition coefficient (Wildman–Crippen LogP) is 2.54. The third kappa shape index (κ3) is 6.33. The van der Waals surface area contributed by atoms with Crippen LogP contribution in [-0.4, -0.2) is 29.8 Å². The van der Waals surface area contributed by atoms with E-state index in [2.05, 4.69) is 16.0 Å². The molecule has 0 bridgehead atoms. The maximum absolute atomic E-state index is 11.8. The van der Waals surface area contributed by atoms with E-state index in [1.807, 2.05) is 30.3 Å². The molecule has 2 rings (SSSR count). The van der Waals surface area contributed by atoms with Gasteiger partial charge in [-0.25, -0.2) is 0 Å². The van der Waals surface area contributed by atoms with Crippen LogP contribution in [0.4, 0.5) is 17.1 Å². The van der Waals surface area contributed by atoms with Crippen LogP contribution in [0.15, 0.2) is 54.6 Å². The second-order valence-corrected chi connectivity index (χ2v) is 5.52. The number of nitrogens with one attached hydrogen (secondary N) is 3. The van der Waals surface area contributed by atoms with Gasteiger partial charge in [0.1, 0.15) is 5.69 Å². The molecular weight excluding hydrogens is 336 g/mol. The molecule has 2 amide bonds. The van der Waals surface area contributed by atoms with Crippen LogP contribution in [0.2, 0.25) is 0 Å². The first-order valence-corrected chi connectivity index (χ1v) is 8.15. The number of carbonyl (C=O) groups is 2. The average molecular weight is 356 g/mol. The van der Waals surface area contributed by atoms with E-state index in [0.717, 1.165) is 5.69 Å². The summed E-state index contributed by atoms with van der Waals surface area (Å²) in [6.45, 7) is 0.485. The number of rotatable bonds is 9. The smallest absolute Gasteiger partial charge is 0.292 e. The lowest BCUT2D eigenvalue weighted by Crippen LogP contribution is -2.29. The highest BCUT2D eigenvalue weighted by Gasteiger charge is 2.14. The van der Waals surface area contributed by atoms with E-state index < -0.39 is 4.92 Å². The molecule has 0 heterocycles. The standard InChI is InChI=1S/C18H20N4O4/c23-17(20-14-7-2-1-3-8-14)11-6-12-19-13-18(24)21-15-9-4-5-10-16(15)22(25)26/h1-5,7-10,19H,6,11-13H2,(H,20,23)(H,21,24). The molecule has 0 aliphatic heterocycles. The van der Waals surface area contributed by atoms with Crippen molar-refractivity contribution in [3.8, 4) is 0 Å². The van der Waals surface area contributed by atoms with E-state index in [4.69, 9.17) is 0 Å². The fourth-order valence-electron chi connectivity index (χ4n) is 2.25. The lowest BCUT2D eigenvalue weighted by Gasteiger charge is -2.07. The van der Waals surface area contributed by atoms with Crippen molar-refractivity contribution in [1.82, 2.24) is 5.32 Å². The van der Waals surface area contributed by atoms with Crippen molar-refractivity contribution >= 4 is 28.9 Å². The molecule has 0 fully saturated rings. The van der Waals surface area contributed by atoms with Crippen LogP contribution in [0.1, 0.15) is 12.8 Å². The molecule has 0 atom stereocenters. The molecule has 0 spiro atoms. The zero-order chi connectivity index (χ0) is 18.8. The minimum atomic E-state index is -0.547. The topological polar surface area (TPSA) is 113 Å². The highest BCUT2D eigenvalue weighted by molar-refractivity contribution is 5.94. The number of nitrogens with zero attached hydrogens (tertiary/aromatic N) is 1. The first-order valence-electron chi connectivity index (χ1n) is 8.15. The monoisotopic (exact) mass is 356 g/mol. The van der Waals surface area contributed by atoms with Gasteiger partial charge in [-0.1, -0.05) is 30.3 Å². The number of hydrogen-bond donors (Lipinski definition) is 3. The number of carbonyl (C=O) groups excluding carboxylic acids is 2. The van der Waals surface area contributed by atoms with Gasteiger partial charge in [-0.3, -0.25) is 19.7 Å². The Morgan fingerprint density at radius 1 is 0.923 bits per heavy atom. The maximum Gasteiger partial charge on any atom is 0.292 e. The highest BCUT2D eigenvalue weighted by atomic mass is 16.6. The van der Waals surface area contributed by atoms with Gasteiger partial charge in [-0.15, -0.1) is 0 Å². The Morgan fingerprint density at radius 2 is 1.62 bits per heavy atom. The van der Waals surface area contributed by atoms with Gasteiger partial charge in [-0.2, -0.15) is 0 Å². The zero-order valence-electron chi connectivity index (χ0n) is 14.1. The first-order chi connectivity index (χ1) is 12.6. The highest BCUT2D eigenvalue weighted by Crippen LogP contribution is 2.22. The van der Waals surface area contributed by atoms with Gasteiger partial charge in [0.15, 0.2) is 0 Å². The molecule has 8 heteroatoms. The van der Waals surface area contributed by atoms with Gasteiger partial charge >= 0.3 is 0 Å². The van der Waals surface area contributed by atoms with Crippen LogP contribution in [0.25, 0.3) is 0 Å². The Kier molecular flexibility index (Phi) is 7.26. The third-order valence-electron chi connectivity index (χ3n) is 3.48. The number of para-hydroxylation sites is 3. The van der Waals surface area contributed by atoms with Crippen LogP contribution in [0, 0.1) is 10.1 Å². The Morgan fingerprint density at radius 3 is 2.35 bits per heavy atom. The number of hydrogen-bond acceptors (Lipinski definition) is 5. The van der Waals surface area contributed by atoms with Crippen LogP contribution >= 0.6 is 0 Å². The van der Waals surface area contributed by atoms with Crippen molar-refractivity contribution in [2.24, 2.45) is 0 Å². The third-order valence-corrected chi connectivity index (χ3v) is 3.48.